The average Bonchev–Trinajstić information content (AvgIpc) is 3.23. The molecule has 1 aromatic carbocycles. The highest BCUT2D eigenvalue weighted by Gasteiger charge is 2.47. The van der Waals surface area contributed by atoms with E-state index in [0.29, 0.717) is 0 Å². The van der Waals surface area contributed by atoms with Crippen molar-refractivity contribution in [2.45, 2.75) is 44.1 Å². The molecule has 20 heavy (non-hydrogen) atoms. The third kappa shape index (κ3) is 1.80. The third-order valence-electron chi connectivity index (χ3n) is 5.45. The number of likely N-dealkylation sites (tertiary alicyclic amines) is 1. The van der Waals surface area contributed by atoms with Crippen LogP contribution >= 0.6 is 0 Å². The molecule has 2 unspecified atom stereocenters. The van der Waals surface area contributed by atoms with Gasteiger partial charge in [-0.25, -0.2) is 0 Å². The minimum absolute atomic E-state index is 0.0483. The monoisotopic (exact) mass is 271 g/mol. The van der Waals surface area contributed by atoms with Crippen LogP contribution in [0.2, 0.25) is 0 Å². The van der Waals surface area contributed by atoms with Gasteiger partial charge in [0.1, 0.15) is 5.75 Å². The second-order valence-corrected chi connectivity index (χ2v) is 7.06. The van der Waals surface area contributed by atoms with Crippen LogP contribution in [0.1, 0.15) is 48.5 Å². The fourth-order valence-corrected chi connectivity index (χ4v) is 3.98. The van der Waals surface area contributed by atoms with E-state index in [0.717, 1.165) is 43.0 Å². The van der Waals surface area contributed by atoms with Crippen LogP contribution in [0.15, 0.2) is 18.2 Å². The van der Waals surface area contributed by atoms with Gasteiger partial charge < -0.3 is 5.11 Å². The van der Waals surface area contributed by atoms with Crippen molar-refractivity contribution in [3.63, 3.8) is 0 Å². The van der Waals surface area contributed by atoms with E-state index in [2.05, 4.69) is 11.8 Å². The van der Waals surface area contributed by atoms with Crippen molar-refractivity contribution in [3.05, 3.63) is 29.3 Å². The number of carbonyl (C=O) groups excluding carboxylic acids is 1. The molecule has 0 radical (unpaired) electrons. The van der Waals surface area contributed by atoms with Crippen LogP contribution < -0.4 is 0 Å². The number of piperidine rings is 1. The molecule has 2 bridgehead atoms. The number of phenolic OH excluding ortho intramolecular Hbond substituents is 1. The summed E-state index contributed by atoms with van der Waals surface area (Å²) in [6, 6.07) is 5.33. The number of hydrogen-bond acceptors (Lipinski definition) is 3. The van der Waals surface area contributed by atoms with E-state index in [1.54, 1.807) is 12.1 Å². The predicted molar refractivity (Wildman–Crippen MR) is 77.1 cm³/mol. The molecule has 3 aliphatic rings. The number of nitrogens with zero attached hydrogens (tertiary/aromatic N) is 1. The van der Waals surface area contributed by atoms with Crippen LogP contribution in [-0.2, 0) is 5.41 Å². The lowest BCUT2D eigenvalue weighted by Gasteiger charge is -2.49. The zero-order chi connectivity index (χ0) is 13.9. The fourth-order valence-electron chi connectivity index (χ4n) is 3.98. The maximum absolute atomic E-state index is 12.8. The van der Waals surface area contributed by atoms with Gasteiger partial charge in [-0.15, -0.1) is 0 Å². The van der Waals surface area contributed by atoms with Crippen molar-refractivity contribution in [1.29, 1.82) is 0 Å². The van der Waals surface area contributed by atoms with Crippen molar-refractivity contribution >= 4 is 5.78 Å². The van der Waals surface area contributed by atoms with Crippen molar-refractivity contribution in [3.8, 4) is 5.75 Å². The van der Waals surface area contributed by atoms with Crippen LogP contribution in [0.3, 0.4) is 0 Å². The number of ketones is 1. The number of Topliss-reactive ketones (excluding diaryl/α,β-unsaturated/α-hetero) is 1. The van der Waals surface area contributed by atoms with Gasteiger partial charge in [0.15, 0.2) is 5.78 Å². The molecule has 1 aliphatic heterocycles. The Hall–Kier alpha value is -1.35. The van der Waals surface area contributed by atoms with Gasteiger partial charge in [0.25, 0.3) is 0 Å². The maximum atomic E-state index is 12.8. The lowest BCUT2D eigenvalue weighted by atomic mass is 9.64. The molecule has 1 aromatic rings. The molecule has 1 N–H and O–H groups in total. The van der Waals surface area contributed by atoms with Crippen LogP contribution in [0, 0.1) is 5.92 Å². The standard InChI is InChI=1S/C17H21NO2/c1-17-6-7-18(10-11-2-3-11)15(9-17)16(20)13-5-4-12(19)8-14(13)17/h4-5,8,11,15,19H,2-3,6-7,9-10H2,1H3. The number of fused-ring (bicyclic) bond motifs is 4. The number of rotatable bonds is 2. The van der Waals surface area contributed by atoms with E-state index in [1.807, 2.05) is 6.07 Å². The quantitative estimate of drug-likeness (QED) is 0.899. The molecule has 1 saturated heterocycles. The summed E-state index contributed by atoms with van der Waals surface area (Å²) in [5, 5.41) is 9.74. The summed E-state index contributed by atoms with van der Waals surface area (Å²) >= 11 is 0. The second-order valence-electron chi connectivity index (χ2n) is 7.06. The summed E-state index contributed by atoms with van der Waals surface area (Å²) in [5.41, 5.74) is 1.94. The molecular formula is C17H21NO2. The highest BCUT2D eigenvalue weighted by atomic mass is 16.3. The van der Waals surface area contributed by atoms with Gasteiger partial charge >= 0.3 is 0 Å². The second kappa shape index (κ2) is 4.08. The van der Waals surface area contributed by atoms with E-state index in [1.165, 1.54) is 12.8 Å². The lowest BCUT2D eigenvalue weighted by Crippen LogP contribution is -2.55. The molecule has 2 aliphatic carbocycles. The Morgan fingerprint density at radius 3 is 2.95 bits per heavy atom. The van der Waals surface area contributed by atoms with E-state index in [9.17, 15) is 9.90 Å². The van der Waals surface area contributed by atoms with Gasteiger partial charge in [0.05, 0.1) is 6.04 Å². The van der Waals surface area contributed by atoms with E-state index >= 15 is 0 Å². The SMILES string of the molecule is CC12CCN(CC3CC3)C(C1)C(=O)c1ccc(O)cc12. The molecule has 3 heteroatoms. The van der Waals surface area contributed by atoms with Gasteiger partial charge in [-0.1, -0.05) is 6.92 Å². The molecule has 1 heterocycles. The van der Waals surface area contributed by atoms with Gasteiger partial charge in [0, 0.05) is 12.1 Å². The minimum Gasteiger partial charge on any atom is -0.508 e. The number of carbonyl (C=O) groups is 1. The topological polar surface area (TPSA) is 40.5 Å². The van der Waals surface area contributed by atoms with Crippen LogP contribution in [0.4, 0.5) is 0 Å². The largest absolute Gasteiger partial charge is 0.508 e. The van der Waals surface area contributed by atoms with Crippen LogP contribution in [0.5, 0.6) is 5.75 Å². The molecule has 0 spiro atoms. The minimum atomic E-state index is 0.0483. The highest BCUT2D eigenvalue weighted by Crippen LogP contribution is 2.46. The first-order valence-electron chi connectivity index (χ1n) is 7.69. The van der Waals surface area contributed by atoms with Crippen molar-refractivity contribution in [2.75, 3.05) is 13.1 Å². The first-order chi connectivity index (χ1) is 9.57. The van der Waals surface area contributed by atoms with Crippen molar-refractivity contribution in [1.82, 2.24) is 4.90 Å². The van der Waals surface area contributed by atoms with Crippen molar-refractivity contribution in [2.24, 2.45) is 5.92 Å². The normalized spacial score (nSPS) is 33.0. The summed E-state index contributed by atoms with van der Waals surface area (Å²) in [5.74, 6) is 1.36. The summed E-state index contributed by atoms with van der Waals surface area (Å²) in [4.78, 5) is 15.2. The predicted octanol–water partition coefficient (Wildman–Crippen LogP) is 2.72. The molecule has 106 valence electrons. The molecule has 4 rings (SSSR count). The Kier molecular flexibility index (Phi) is 2.53. The third-order valence-corrected chi connectivity index (χ3v) is 5.45. The molecule has 3 nitrogen and oxygen atoms in total. The van der Waals surface area contributed by atoms with E-state index in [4.69, 9.17) is 0 Å². The zero-order valence-electron chi connectivity index (χ0n) is 11.9. The zero-order valence-corrected chi connectivity index (χ0v) is 11.9. The number of aromatic hydroxyl groups is 1. The molecule has 0 aromatic heterocycles. The number of phenols is 1. The Balaban J connectivity index is 1.74. The number of hydrogen-bond donors (Lipinski definition) is 1. The Labute approximate surface area is 119 Å². The van der Waals surface area contributed by atoms with E-state index in [-0.39, 0.29) is 23.0 Å². The Morgan fingerprint density at radius 1 is 1.40 bits per heavy atom. The summed E-state index contributed by atoms with van der Waals surface area (Å²) in [6.07, 6.45) is 4.66. The van der Waals surface area contributed by atoms with Crippen molar-refractivity contribution < 1.29 is 9.90 Å². The first kappa shape index (κ1) is 12.4. The molecule has 0 amide bonds. The maximum Gasteiger partial charge on any atom is 0.180 e. The first-order valence-corrected chi connectivity index (χ1v) is 7.69. The smallest absolute Gasteiger partial charge is 0.180 e. The van der Waals surface area contributed by atoms with Gasteiger partial charge in [-0.2, -0.15) is 0 Å². The highest BCUT2D eigenvalue weighted by molar-refractivity contribution is 6.03. The molecule has 2 atom stereocenters. The van der Waals surface area contributed by atoms with E-state index < -0.39 is 0 Å². The van der Waals surface area contributed by atoms with Crippen LogP contribution in [-0.4, -0.2) is 34.9 Å². The lowest BCUT2D eigenvalue weighted by molar-refractivity contribution is 0.0554. The fraction of sp³-hybridized carbons (Fsp3) is 0.588. The molecule has 1 saturated carbocycles. The van der Waals surface area contributed by atoms with Crippen LogP contribution in [0.25, 0.3) is 0 Å². The van der Waals surface area contributed by atoms with Gasteiger partial charge in [-0.3, -0.25) is 9.69 Å². The molecule has 2 fully saturated rings. The number of benzene rings is 1. The summed E-state index contributed by atoms with van der Waals surface area (Å²) < 4.78 is 0. The van der Waals surface area contributed by atoms with Gasteiger partial charge in [-0.05, 0) is 67.3 Å². The summed E-state index contributed by atoms with van der Waals surface area (Å²) in [6.45, 7) is 4.36. The molecular weight excluding hydrogens is 250 g/mol. The average molecular weight is 271 g/mol. The van der Waals surface area contributed by atoms with Gasteiger partial charge in [0.2, 0.25) is 0 Å². The Bertz CT molecular complexity index is 578. The Morgan fingerprint density at radius 2 is 2.20 bits per heavy atom. The summed E-state index contributed by atoms with van der Waals surface area (Å²) in [7, 11) is 0.